The van der Waals surface area contributed by atoms with Crippen LogP contribution in [-0.2, 0) is 16.8 Å². The van der Waals surface area contributed by atoms with Crippen LogP contribution in [0.15, 0.2) is 16.8 Å². The van der Waals surface area contributed by atoms with Crippen LogP contribution in [0.25, 0.3) is 0 Å². The van der Waals surface area contributed by atoms with E-state index in [0.717, 1.165) is 19.3 Å². The Hall–Kier alpha value is -2.15. The average Bonchev–Trinajstić information content (AvgIpc) is 3.13. The molecule has 7 heteroatoms. The molecule has 0 spiro atoms. The zero-order valence-corrected chi connectivity index (χ0v) is 15.6. The van der Waals surface area contributed by atoms with Crippen LogP contribution in [0, 0.1) is 6.92 Å². The summed E-state index contributed by atoms with van der Waals surface area (Å²) in [5, 5.41) is 14.6. The van der Waals surface area contributed by atoms with Crippen LogP contribution in [0.3, 0.4) is 0 Å². The lowest BCUT2D eigenvalue weighted by atomic mass is 9.91. The van der Waals surface area contributed by atoms with Crippen molar-refractivity contribution >= 4 is 11.7 Å². The Morgan fingerprint density at radius 2 is 2.20 bits per heavy atom. The van der Waals surface area contributed by atoms with E-state index < -0.39 is 0 Å². The van der Waals surface area contributed by atoms with E-state index in [0.29, 0.717) is 11.6 Å². The number of amides is 1. The van der Waals surface area contributed by atoms with E-state index in [1.165, 1.54) is 11.3 Å². The summed E-state index contributed by atoms with van der Waals surface area (Å²) >= 11 is 0. The lowest BCUT2D eigenvalue weighted by Gasteiger charge is -2.29. The van der Waals surface area contributed by atoms with Crippen LogP contribution in [0.1, 0.15) is 63.6 Å². The van der Waals surface area contributed by atoms with Gasteiger partial charge in [-0.25, -0.2) is 0 Å². The van der Waals surface area contributed by atoms with Gasteiger partial charge in [0.2, 0.25) is 5.91 Å². The summed E-state index contributed by atoms with van der Waals surface area (Å²) in [6, 6.07) is 1.50. The number of anilines is 1. The maximum absolute atomic E-state index is 12.4. The Bertz CT molecular complexity index is 756. The van der Waals surface area contributed by atoms with Crippen molar-refractivity contribution in [2.24, 2.45) is 0 Å². The van der Waals surface area contributed by atoms with E-state index in [4.69, 9.17) is 4.52 Å². The number of rotatable bonds is 4. The quantitative estimate of drug-likeness (QED) is 0.890. The summed E-state index contributed by atoms with van der Waals surface area (Å²) in [7, 11) is 0. The summed E-state index contributed by atoms with van der Waals surface area (Å²) in [5.74, 6) is 0.993. The number of nitrogens with one attached hydrogen (secondary N) is 2. The molecule has 25 heavy (non-hydrogen) atoms. The highest BCUT2D eigenvalue weighted by Gasteiger charge is 2.29. The van der Waals surface area contributed by atoms with Gasteiger partial charge in [0.25, 0.3) is 0 Å². The smallest absolute Gasteiger partial charge is 0.242 e. The molecule has 0 saturated carbocycles. The number of fused-ring (bicyclic) bond motifs is 1. The van der Waals surface area contributed by atoms with Crippen LogP contribution in [0.2, 0.25) is 0 Å². The molecule has 2 heterocycles. The molecule has 2 N–H and O–H groups in total. The molecule has 0 aliphatic heterocycles. The highest BCUT2D eigenvalue weighted by molar-refractivity contribution is 5.93. The molecule has 1 aliphatic carbocycles. The Labute approximate surface area is 148 Å². The fourth-order valence-corrected chi connectivity index (χ4v) is 3.35. The molecule has 3 rings (SSSR count). The minimum Gasteiger partial charge on any atom is -0.360 e. The van der Waals surface area contributed by atoms with Crippen LogP contribution in [0.4, 0.5) is 5.82 Å². The minimum atomic E-state index is -0.342. The van der Waals surface area contributed by atoms with Crippen molar-refractivity contribution in [3.63, 3.8) is 0 Å². The fraction of sp³-hybridized carbons (Fsp3) is 0.611. The standard InChI is InChI=1S/C18H27N5O2/c1-11-9-16(22-25-11)21-17(24)12(2)20-14-7-6-8-15-13(14)10-19-23(15)18(3,4)5/h9-10,12,14,20H,6-8H2,1-5H3,(H,21,22,24)/t12-,14-/m0/s1. The van der Waals surface area contributed by atoms with Gasteiger partial charge in [-0.2, -0.15) is 5.10 Å². The van der Waals surface area contributed by atoms with E-state index in [1.54, 1.807) is 13.0 Å². The lowest BCUT2D eigenvalue weighted by Crippen LogP contribution is -2.41. The van der Waals surface area contributed by atoms with Crippen molar-refractivity contribution in [2.45, 2.75) is 71.5 Å². The van der Waals surface area contributed by atoms with E-state index >= 15 is 0 Å². The third-order valence-corrected chi connectivity index (χ3v) is 4.54. The second kappa shape index (κ2) is 6.63. The SMILES string of the molecule is Cc1cc(NC(=O)[C@H](C)N[C@H]2CCCc3c2cnn3C(C)(C)C)no1. The number of aryl methyl sites for hydroxylation is 1. The normalized spacial score (nSPS) is 18.7. The van der Waals surface area contributed by atoms with E-state index in [-0.39, 0.29) is 23.5 Å². The molecule has 0 aromatic carbocycles. The largest absolute Gasteiger partial charge is 0.360 e. The molecular weight excluding hydrogens is 318 g/mol. The molecule has 2 atom stereocenters. The fourth-order valence-electron chi connectivity index (χ4n) is 3.35. The third-order valence-electron chi connectivity index (χ3n) is 4.54. The first-order valence-electron chi connectivity index (χ1n) is 8.83. The summed E-state index contributed by atoms with van der Waals surface area (Å²) in [5.41, 5.74) is 2.44. The molecule has 0 radical (unpaired) electrons. The summed E-state index contributed by atoms with van der Waals surface area (Å²) in [4.78, 5) is 12.4. The Morgan fingerprint density at radius 3 is 2.84 bits per heavy atom. The average molecular weight is 345 g/mol. The van der Waals surface area contributed by atoms with Gasteiger partial charge in [0, 0.05) is 23.4 Å². The number of aromatic nitrogens is 3. The van der Waals surface area contributed by atoms with Gasteiger partial charge in [-0.15, -0.1) is 0 Å². The summed E-state index contributed by atoms with van der Waals surface area (Å²) in [6.07, 6.45) is 5.07. The molecule has 0 saturated heterocycles. The van der Waals surface area contributed by atoms with E-state index in [9.17, 15) is 4.79 Å². The molecule has 0 unspecified atom stereocenters. The number of hydrogen-bond acceptors (Lipinski definition) is 5. The van der Waals surface area contributed by atoms with Gasteiger partial charge in [0.1, 0.15) is 5.76 Å². The van der Waals surface area contributed by atoms with Crippen molar-refractivity contribution in [1.82, 2.24) is 20.3 Å². The summed E-state index contributed by atoms with van der Waals surface area (Å²) in [6.45, 7) is 10.1. The zero-order chi connectivity index (χ0) is 18.2. The van der Waals surface area contributed by atoms with E-state index in [1.807, 2.05) is 13.1 Å². The summed E-state index contributed by atoms with van der Waals surface area (Å²) < 4.78 is 7.09. The Balaban J connectivity index is 1.70. The molecule has 0 bridgehead atoms. The van der Waals surface area contributed by atoms with Gasteiger partial charge < -0.3 is 9.84 Å². The van der Waals surface area contributed by atoms with Crippen LogP contribution < -0.4 is 10.6 Å². The van der Waals surface area contributed by atoms with Gasteiger partial charge in [0.15, 0.2) is 5.82 Å². The van der Waals surface area contributed by atoms with Crippen LogP contribution >= 0.6 is 0 Å². The second-order valence-electron chi connectivity index (χ2n) is 7.77. The lowest BCUT2D eigenvalue weighted by molar-refractivity contribution is -0.118. The number of carbonyl (C=O) groups is 1. The number of carbonyl (C=O) groups excluding carboxylic acids is 1. The van der Waals surface area contributed by atoms with E-state index in [2.05, 4.69) is 46.3 Å². The van der Waals surface area contributed by atoms with Crippen molar-refractivity contribution in [2.75, 3.05) is 5.32 Å². The molecule has 0 fully saturated rings. The number of nitrogens with zero attached hydrogens (tertiary/aromatic N) is 3. The van der Waals surface area contributed by atoms with Gasteiger partial charge in [-0.3, -0.25) is 14.8 Å². The second-order valence-corrected chi connectivity index (χ2v) is 7.77. The minimum absolute atomic E-state index is 0.0384. The predicted molar refractivity (Wildman–Crippen MR) is 95.4 cm³/mol. The van der Waals surface area contributed by atoms with Gasteiger partial charge >= 0.3 is 0 Å². The van der Waals surface area contributed by atoms with Crippen LogP contribution in [-0.4, -0.2) is 26.9 Å². The molecule has 2 aromatic heterocycles. The highest BCUT2D eigenvalue weighted by atomic mass is 16.5. The van der Waals surface area contributed by atoms with Crippen molar-refractivity contribution < 1.29 is 9.32 Å². The van der Waals surface area contributed by atoms with Gasteiger partial charge in [-0.05, 0) is 53.9 Å². The predicted octanol–water partition coefficient (Wildman–Crippen LogP) is 2.93. The zero-order valence-electron chi connectivity index (χ0n) is 15.6. The highest BCUT2D eigenvalue weighted by Crippen LogP contribution is 2.32. The molecule has 7 nitrogen and oxygen atoms in total. The first kappa shape index (κ1) is 17.7. The molecule has 1 aliphatic rings. The Morgan fingerprint density at radius 1 is 1.44 bits per heavy atom. The first-order chi connectivity index (χ1) is 11.8. The molecule has 2 aromatic rings. The van der Waals surface area contributed by atoms with Gasteiger partial charge in [0.05, 0.1) is 17.8 Å². The number of hydrogen-bond donors (Lipinski definition) is 2. The van der Waals surface area contributed by atoms with Crippen LogP contribution in [0.5, 0.6) is 0 Å². The third kappa shape index (κ3) is 3.76. The van der Waals surface area contributed by atoms with Crippen molar-refractivity contribution in [3.05, 3.63) is 29.3 Å². The molecule has 1 amide bonds. The first-order valence-corrected chi connectivity index (χ1v) is 8.83. The topological polar surface area (TPSA) is 85.0 Å². The van der Waals surface area contributed by atoms with Crippen molar-refractivity contribution in [1.29, 1.82) is 0 Å². The monoisotopic (exact) mass is 345 g/mol. The molecular formula is C18H27N5O2. The molecule has 136 valence electrons. The van der Waals surface area contributed by atoms with Gasteiger partial charge in [-0.1, -0.05) is 5.16 Å². The van der Waals surface area contributed by atoms with Crippen molar-refractivity contribution in [3.8, 4) is 0 Å². The maximum Gasteiger partial charge on any atom is 0.242 e. The Kier molecular flexibility index (Phi) is 4.69. The maximum atomic E-state index is 12.4.